The maximum atomic E-state index is 5.35. The molecule has 2 nitrogen and oxygen atoms in total. The van der Waals surface area contributed by atoms with E-state index >= 15 is 0 Å². The summed E-state index contributed by atoms with van der Waals surface area (Å²) in [5.41, 5.74) is 10.7. The molecule has 1 aromatic rings. The summed E-state index contributed by atoms with van der Waals surface area (Å²) in [7, 11) is -0.645. The number of nitrogens with zero attached hydrogens (tertiary/aromatic N) is 1. The molecule has 0 aromatic heterocycles. The molecule has 3 rings (SSSR count). The zero-order valence-electron chi connectivity index (χ0n) is 14.9. The van der Waals surface area contributed by atoms with Crippen molar-refractivity contribution in [2.75, 3.05) is 13.1 Å². The van der Waals surface area contributed by atoms with Crippen molar-refractivity contribution in [2.45, 2.75) is 57.8 Å². The van der Waals surface area contributed by atoms with Gasteiger partial charge in [-0.25, -0.2) is 0 Å². The molecule has 122 valence electrons. The van der Waals surface area contributed by atoms with Crippen molar-refractivity contribution in [3.05, 3.63) is 41.5 Å². The second-order valence-corrected chi connectivity index (χ2v) is 11.2. The molecule has 22 heavy (non-hydrogen) atoms. The lowest BCUT2D eigenvalue weighted by atomic mass is 10.1. The number of hydrogen-bond acceptors (Lipinski definition) is 2. The van der Waals surface area contributed by atoms with E-state index in [1.54, 1.807) is 5.56 Å². The molecule has 1 atom stereocenters. The van der Waals surface area contributed by atoms with Gasteiger partial charge in [0.05, 0.1) is 0 Å². The van der Waals surface area contributed by atoms with Gasteiger partial charge in [0.2, 0.25) is 0 Å². The number of allylic oxidation sites excluding steroid dienone is 1. The summed E-state index contributed by atoms with van der Waals surface area (Å²) < 4.78 is 0. The number of benzene rings is 1. The third-order valence-electron chi connectivity index (χ3n) is 4.10. The Morgan fingerprint density at radius 1 is 1.09 bits per heavy atom. The lowest BCUT2D eigenvalue weighted by molar-refractivity contribution is 0.494. The zero-order chi connectivity index (χ0) is 16.3. The fourth-order valence-electron chi connectivity index (χ4n) is 3.16. The van der Waals surface area contributed by atoms with Crippen molar-refractivity contribution in [2.24, 2.45) is 5.73 Å². The molecule has 3 heteroatoms. The monoisotopic (exact) mass is 316 g/mol. The quantitative estimate of drug-likeness (QED) is 0.836. The fourth-order valence-corrected chi connectivity index (χ4v) is 4.73. The van der Waals surface area contributed by atoms with Crippen LogP contribution < -0.4 is 5.73 Å². The Balaban J connectivity index is 0.000000309. The van der Waals surface area contributed by atoms with Crippen molar-refractivity contribution in [3.63, 3.8) is 0 Å². The van der Waals surface area contributed by atoms with E-state index in [0.29, 0.717) is 0 Å². The van der Waals surface area contributed by atoms with E-state index in [1.165, 1.54) is 37.2 Å². The molecule has 0 saturated carbocycles. The van der Waals surface area contributed by atoms with Gasteiger partial charge in [0.1, 0.15) is 0 Å². The Bertz CT molecular complexity index is 516. The first-order valence-corrected chi connectivity index (χ1v) is 11.6. The highest BCUT2D eigenvalue weighted by molar-refractivity contribution is 6.58. The Morgan fingerprint density at radius 2 is 1.64 bits per heavy atom. The summed E-state index contributed by atoms with van der Waals surface area (Å²) in [6, 6.07) is 9.04. The molecule has 1 aliphatic carbocycles. The van der Waals surface area contributed by atoms with Gasteiger partial charge in [-0.05, 0) is 44.7 Å². The summed E-state index contributed by atoms with van der Waals surface area (Å²) in [6.07, 6.45) is 5.29. The van der Waals surface area contributed by atoms with Crippen LogP contribution in [0.25, 0.3) is 5.70 Å². The minimum atomic E-state index is -0.645. The predicted molar refractivity (Wildman–Crippen MR) is 101 cm³/mol. The third-order valence-corrected chi connectivity index (χ3v) is 6.09. The van der Waals surface area contributed by atoms with Crippen LogP contribution in [0.5, 0.6) is 0 Å². The number of likely N-dealkylation sites (tertiary alicyclic amines) is 1. The Hall–Kier alpha value is -1.06. The van der Waals surface area contributed by atoms with Crippen molar-refractivity contribution in [3.8, 4) is 0 Å². The topological polar surface area (TPSA) is 29.3 Å². The van der Waals surface area contributed by atoms with E-state index in [-0.39, 0.29) is 5.54 Å². The lowest BCUT2D eigenvalue weighted by Crippen LogP contribution is -2.26. The van der Waals surface area contributed by atoms with Crippen LogP contribution in [0, 0.1) is 0 Å². The molecule has 2 aliphatic rings. The molecule has 2 N–H and O–H groups in total. The largest absolute Gasteiger partial charge is 0.371 e. The molecule has 1 aromatic carbocycles. The minimum absolute atomic E-state index is 0. The van der Waals surface area contributed by atoms with Gasteiger partial charge in [0.15, 0.2) is 0 Å². The van der Waals surface area contributed by atoms with Crippen LogP contribution in [0.4, 0.5) is 0 Å². The minimum Gasteiger partial charge on any atom is -0.371 e. The first-order chi connectivity index (χ1) is 10.3. The molecule has 0 amide bonds. The highest BCUT2D eigenvalue weighted by Gasteiger charge is 2.29. The molecular formula is C19H32N2Si. The van der Waals surface area contributed by atoms with Crippen molar-refractivity contribution in [1.29, 1.82) is 0 Å². The Morgan fingerprint density at radius 3 is 2.18 bits per heavy atom. The van der Waals surface area contributed by atoms with Gasteiger partial charge in [-0.2, -0.15) is 0 Å². The first-order valence-electron chi connectivity index (χ1n) is 8.62. The normalized spacial score (nSPS) is 20.6. The molecule has 0 bridgehead atoms. The Labute approximate surface area is 138 Å². The van der Waals surface area contributed by atoms with Crippen LogP contribution in [-0.2, 0) is 0 Å². The molecule has 1 aliphatic heterocycles. The summed E-state index contributed by atoms with van der Waals surface area (Å²) in [5.74, 6) is 0. The van der Waals surface area contributed by atoms with Crippen LogP contribution in [-0.4, -0.2) is 32.3 Å². The van der Waals surface area contributed by atoms with E-state index in [1.807, 2.05) is 20.8 Å². The highest BCUT2D eigenvalue weighted by Crippen LogP contribution is 2.39. The molecule has 0 spiro atoms. The van der Waals surface area contributed by atoms with Gasteiger partial charge < -0.3 is 10.6 Å². The zero-order valence-corrected chi connectivity index (χ0v) is 16.0. The average Bonchev–Trinajstić information content (AvgIpc) is 3.03. The predicted octanol–water partition coefficient (Wildman–Crippen LogP) is 3.99. The maximum Gasteiger partial charge on any atom is 0.0437 e. The van der Waals surface area contributed by atoms with E-state index in [9.17, 15) is 0 Å². The van der Waals surface area contributed by atoms with Crippen molar-refractivity contribution in [1.82, 2.24) is 4.90 Å². The molecule has 1 saturated heterocycles. The number of fused-ring (bicyclic) bond motifs is 1. The van der Waals surface area contributed by atoms with Crippen LogP contribution in [0.15, 0.2) is 30.3 Å². The van der Waals surface area contributed by atoms with Gasteiger partial charge in [-0.15, -0.1) is 0 Å². The second-order valence-electron chi connectivity index (χ2n) is 7.97. The van der Waals surface area contributed by atoms with E-state index in [4.69, 9.17) is 5.73 Å². The Kier molecular flexibility index (Phi) is 5.51. The van der Waals surface area contributed by atoms with Crippen molar-refractivity contribution >= 4 is 14.5 Å². The van der Waals surface area contributed by atoms with E-state index < -0.39 is 8.80 Å². The second kappa shape index (κ2) is 7.01. The lowest BCUT2D eigenvalue weighted by Gasteiger charge is -2.19. The van der Waals surface area contributed by atoms with Crippen LogP contribution in [0.3, 0.4) is 0 Å². The molecule has 1 unspecified atom stereocenters. The molecule has 0 radical (unpaired) electrons. The van der Waals surface area contributed by atoms with Gasteiger partial charge in [0.25, 0.3) is 0 Å². The standard InChI is InChI=1S/C15H21NSi.C4H11N/c1-17(2)15-11-14(16-9-5-6-10-16)12-7-3-4-8-13(12)15;1-4(2,3)5/h3-4,7-8,11,15,17H,5-6,9-10H2,1-2H3;5H2,1-3H3. The summed E-state index contributed by atoms with van der Waals surface area (Å²) in [6.45, 7) is 13.3. The number of hydrogen-bond donors (Lipinski definition) is 1. The van der Waals surface area contributed by atoms with Crippen LogP contribution >= 0.6 is 0 Å². The summed E-state index contributed by atoms with van der Waals surface area (Å²) >= 11 is 0. The maximum absolute atomic E-state index is 5.35. The van der Waals surface area contributed by atoms with Gasteiger partial charge in [-0.3, -0.25) is 0 Å². The molecular weight excluding hydrogens is 284 g/mol. The number of nitrogens with two attached hydrogens (primary N) is 1. The van der Waals surface area contributed by atoms with Gasteiger partial charge >= 0.3 is 0 Å². The smallest absolute Gasteiger partial charge is 0.0437 e. The number of rotatable bonds is 2. The van der Waals surface area contributed by atoms with Crippen LogP contribution in [0.1, 0.15) is 50.3 Å². The third kappa shape index (κ3) is 4.47. The average molecular weight is 317 g/mol. The summed E-state index contributed by atoms with van der Waals surface area (Å²) in [5, 5.41) is 0. The van der Waals surface area contributed by atoms with E-state index in [0.717, 1.165) is 5.54 Å². The first kappa shape index (κ1) is 17.3. The van der Waals surface area contributed by atoms with E-state index in [2.05, 4.69) is 48.3 Å². The molecule has 1 fully saturated rings. The fraction of sp³-hybridized carbons (Fsp3) is 0.579. The summed E-state index contributed by atoms with van der Waals surface area (Å²) in [4.78, 5) is 2.59. The highest BCUT2D eigenvalue weighted by atomic mass is 28.3. The van der Waals surface area contributed by atoms with Crippen LogP contribution in [0.2, 0.25) is 13.1 Å². The van der Waals surface area contributed by atoms with Crippen molar-refractivity contribution < 1.29 is 0 Å². The van der Waals surface area contributed by atoms with Gasteiger partial charge in [0, 0.05) is 38.7 Å². The molecule has 1 heterocycles. The SMILES string of the molecule is CC(C)(C)N.C[SiH](C)C1C=C(N2CCCC2)c2ccccc21. The van der Waals surface area contributed by atoms with Gasteiger partial charge in [-0.1, -0.05) is 43.4 Å².